The maximum atomic E-state index is 13.0. The Morgan fingerprint density at radius 2 is 2.07 bits per heavy atom. The van der Waals surface area contributed by atoms with Gasteiger partial charge in [0.1, 0.15) is 11.5 Å². The average molecular weight is 389 g/mol. The fourth-order valence-electron chi connectivity index (χ4n) is 3.61. The number of amides is 1. The van der Waals surface area contributed by atoms with E-state index in [0.717, 1.165) is 24.9 Å². The van der Waals surface area contributed by atoms with E-state index in [2.05, 4.69) is 15.2 Å². The van der Waals surface area contributed by atoms with Crippen molar-refractivity contribution in [2.45, 2.75) is 25.4 Å². The van der Waals surface area contributed by atoms with Crippen LogP contribution in [0.2, 0.25) is 0 Å². The molecule has 29 heavy (non-hydrogen) atoms. The molecule has 1 fully saturated rings. The number of nitrogens with zero attached hydrogens (tertiary/aromatic N) is 2. The summed E-state index contributed by atoms with van der Waals surface area (Å²) >= 11 is 0. The fraction of sp³-hybridized carbons (Fsp3) is 0.217. The van der Waals surface area contributed by atoms with Gasteiger partial charge in [-0.05, 0) is 61.3 Å². The number of nitrogens with one attached hydrogen (secondary N) is 1. The quantitative estimate of drug-likeness (QED) is 0.661. The van der Waals surface area contributed by atoms with E-state index in [0.29, 0.717) is 23.7 Å². The number of ether oxygens (including phenoxy) is 1. The number of anilines is 1. The fourth-order valence-corrected chi connectivity index (χ4v) is 3.61. The maximum absolute atomic E-state index is 13.0. The molecule has 1 aliphatic rings. The number of para-hydroxylation sites is 2. The number of hydrogen-bond acceptors (Lipinski definition) is 5. The van der Waals surface area contributed by atoms with Gasteiger partial charge in [0.15, 0.2) is 5.75 Å². The van der Waals surface area contributed by atoms with E-state index in [-0.39, 0.29) is 17.7 Å². The van der Waals surface area contributed by atoms with E-state index >= 15 is 0 Å². The number of aromatic hydroxyl groups is 1. The molecule has 1 atom stereocenters. The topological polar surface area (TPSA) is 74.7 Å². The second-order valence-electron chi connectivity index (χ2n) is 7.07. The molecule has 0 aliphatic carbocycles. The van der Waals surface area contributed by atoms with E-state index < -0.39 is 0 Å². The lowest BCUT2D eigenvalue weighted by atomic mass is 10.1. The number of likely N-dealkylation sites (tertiary alicyclic amines) is 1. The summed E-state index contributed by atoms with van der Waals surface area (Å²) < 4.78 is 5.89. The Balaban J connectivity index is 1.46. The molecule has 1 amide bonds. The van der Waals surface area contributed by atoms with Crippen LogP contribution in [-0.4, -0.2) is 33.5 Å². The van der Waals surface area contributed by atoms with Crippen molar-refractivity contribution in [3.8, 4) is 17.2 Å². The first kappa shape index (κ1) is 19.0. The summed E-state index contributed by atoms with van der Waals surface area (Å²) in [5, 5.41) is 12.7. The first-order valence-electron chi connectivity index (χ1n) is 9.69. The highest BCUT2D eigenvalue weighted by Crippen LogP contribution is 2.30. The minimum absolute atomic E-state index is 0.0510. The van der Waals surface area contributed by atoms with Gasteiger partial charge in [0.2, 0.25) is 5.91 Å². The second-order valence-corrected chi connectivity index (χ2v) is 7.07. The number of carbonyl (C=O) groups is 1. The lowest BCUT2D eigenvalue weighted by Crippen LogP contribution is -2.39. The van der Waals surface area contributed by atoms with Crippen LogP contribution in [0, 0.1) is 0 Å². The smallest absolute Gasteiger partial charge is 0.241 e. The molecule has 1 unspecified atom stereocenters. The average Bonchev–Trinajstić information content (AvgIpc) is 3.18. The van der Waals surface area contributed by atoms with Gasteiger partial charge in [0.25, 0.3) is 0 Å². The zero-order chi connectivity index (χ0) is 20.1. The molecule has 1 aromatic heterocycles. The highest BCUT2D eigenvalue weighted by molar-refractivity contribution is 5.96. The van der Waals surface area contributed by atoms with Gasteiger partial charge in [-0.1, -0.05) is 24.3 Å². The number of pyridine rings is 1. The molecule has 6 heteroatoms. The lowest BCUT2D eigenvalue weighted by Gasteiger charge is -2.24. The zero-order valence-electron chi connectivity index (χ0n) is 16.0. The third kappa shape index (κ3) is 4.73. The molecule has 2 aromatic carbocycles. The molecule has 4 rings (SSSR count). The monoisotopic (exact) mass is 389 g/mol. The number of phenolic OH excluding ortho intramolecular Hbond substituents is 1. The molecule has 3 aromatic rings. The van der Waals surface area contributed by atoms with Gasteiger partial charge in [-0.2, -0.15) is 0 Å². The Bertz CT molecular complexity index is 978. The molecule has 6 nitrogen and oxygen atoms in total. The van der Waals surface area contributed by atoms with Crippen LogP contribution in [-0.2, 0) is 11.3 Å². The Kier molecular flexibility index (Phi) is 5.72. The maximum Gasteiger partial charge on any atom is 0.241 e. The van der Waals surface area contributed by atoms with Gasteiger partial charge < -0.3 is 15.2 Å². The van der Waals surface area contributed by atoms with Crippen molar-refractivity contribution in [1.29, 1.82) is 0 Å². The number of phenols is 1. The van der Waals surface area contributed by atoms with E-state index in [1.807, 2.05) is 42.5 Å². The Hall–Kier alpha value is -3.38. The van der Waals surface area contributed by atoms with Crippen molar-refractivity contribution in [3.05, 3.63) is 78.6 Å². The van der Waals surface area contributed by atoms with Crippen LogP contribution in [0.25, 0.3) is 0 Å². The lowest BCUT2D eigenvalue weighted by molar-refractivity contribution is -0.120. The van der Waals surface area contributed by atoms with Crippen LogP contribution < -0.4 is 10.1 Å². The number of aromatic nitrogens is 1. The first-order chi connectivity index (χ1) is 14.2. The first-order valence-corrected chi connectivity index (χ1v) is 9.69. The number of rotatable bonds is 6. The van der Waals surface area contributed by atoms with Crippen LogP contribution in [0.3, 0.4) is 0 Å². The molecule has 0 radical (unpaired) electrons. The summed E-state index contributed by atoms with van der Waals surface area (Å²) in [4.78, 5) is 19.2. The van der Waals surface area contributed by atoms with Gasteiger partial charge in [-0.25, -0.2) is 0 Å². The van der Waals surface area contributed by atoms with Crippen molar-refractivity contribution in [2.24, 2.45) is 0 Å². The SMILES string of the molecule is O=C(Nc1ccccc1Oc1cccnc1)C1CCCN1Cc1cccc(O)c1. The molecular weight excluding hydrogens is 366 g/mol. The van der Waals surface area contributed by atoms with Gasteiger partial charge in [-0.15, -0.1) is 0 Å². The Morgan fingerprint density at radius 1 is 1.17 bits per heavy atom. The van der Waals surface area contributed by atoms with E-state index in [9.17, 15) is 9.90 Å². The minimum atomic E-state index is -0.219. The minimum Gasteiger partial charge on any atom is -0.508 e. The standard InChI is InChI=1S/C23H23N3O3/c27-18-7-3-6-17(14-18)16-26-13-5-10-21(26)23(28)25-20-9-1-2-11-22(20)29-19-8-4-12-24-15-19/h1-4,6-9,11-12,14-15,21,27H,5,10,13,16H2,(H,25,28). The molecular formula is C23H23N3O3. The second kappa shape index (κ2) is 8.75. The van der Waals surface area contributed by atoms with Gasteiger partial charge in [-0.3, -0.25) is 14.7 Å². The van der Waals surface area contributed by atoms with Gasteiger partial charge in [0, 0.05) is 12.7 Å². The van der Waals surface area contributed by atoms with E-state index in [1.54, 1.807) is 30.6 Å². The highest BCUT2D eigenvalue weighted by Gasteiger charge is 2.31. The molecule has 0 spiro atoms. The van der Waals surface area contributed by atoms with Gasteiger partial charge in [0.05, 0.1) is 17.9 Å². The third-order valence-electron chi connectivity index (χ3n) is 4.97. The van der Waals surface area contributed by atoms with Crippen LogP contribution in [0.4, 0.5) is 5.69 Å². The largest absolute Gasteiger partial charge is 0.508 e. The van der Waals surface area contributed by atoms with Crippen molar-refractivity contribution in [3.63, 3.8) is 0 Å². The van der Waals surface area contributed by atoms with Crippen molar-refractivity contribution in [2.75, 3.05) is 11.9 Å². The molecule has 148 valence electrons. The predicted octanol–water partition coefficient (Wildman–Crippen LogP) is 4.18. The molecule has 0 saturated carbocycles. The number of carbonyl (C=O) groups excluding carboxylic acids is 1. The summed E-state index contributed by atoms with van der Waals surface area (Å²) in [6.07, 6.45) is 5.08. The summed E-state index contributed by atoms with van der Waals surface area (Å²) in [5.41, 5.74) is 1.62. The third-order valence-corrected chi connectivity index (χ3v) is 4.97. The highest BCUT2D eigenvalue weighted by atomic mass is 16.5. The Labute approximate surface area is 169 Å². The summed E-state index contributed by atoms with van der Waals surface area (Å²) in [5.74, 6) is 1.38. The van der Waals surface area contributed by atoms with Crippen LogP contribution in [0.5, 0.6) is 17.2 Å². The molecule has 2 N–H and O–H groups in total. The molecule has 2 heterocycles. The van der Waals surface area contributed by atoms with Crippen molar-refractivity contribution < 1.29 is 14.6 Å². The predicted molar refractivity (Wildman–Crippen MR) is 111 cm³/mol. The zero-order valence-corrected chi connectivity index (χ0v) is 16.0. The molecule has 1 aliphatic heterocycles. The van der Waals surface area contributed by atoms with Gasteiger partial charge >= 0.3 is 0 Å². The van der Waals surface area contributed by atoms with Crippen LogP contribution >= 0.6 is 0 Å². The molecule has 0 bridgehead atoms. The number of hydrogen-bond donors (Lipinski definition) is 2. The van der Waals surface area contributed by atoms with Crippen molar-refractivity contribution in [1.82, 2.24) is 9.88 Å². The van der Waals surface area contributed by atoms with Crippen LogP contribution in [0.15, 0.2) is 73.1 Å². The Morgan fingerprint density at radius 3 is 2.90 bits per heavy atom. The number of benzene rings is 2. The van der Waals surface area contributed by atoms with Crippen LogP contribution in [0.1, 0.15) is 18.4 Å². The molecule has 1 saturated heterocycles. The van der Waals surface area contributed by atoms with Crippen molar-refractivity contribution >= 4 is 11.6 Å². The van der Waals surface area contributed by atoms with E-state index in [1.165, 1.54) is 0 Å². The normalized spacial score (nSPS) is 16.5. The summed E-state index contributed by atoms with van der Waals surface area (Å²) in [6, 6.07) is 18.0. The van der Waals surface area contributed by atoms with E-state index in [4.69, 9.17) is 4.74 Å². The summed E-state index contributed by atoms with van der Waals surface area (Å²) in [7, 11) is 0. The summed E-state index contributed by atoms with van der Waals surface area (Å²) in [6.45, 7) is 1.47.